The van der Waals surface area contributed by atoms with E-state index < -0.39 is 0 Å². The molecule has 1 aromatic heterocycles. The van der Waals surface area contributed by atoms with Crippen LogP contribution in [0, 0.1) is 0 Å². The van der Waals surface area contributed by atoms with Gasteiger partial charge in [-0.05, 0) is 23.3 Å². The lowest BCUT2D eigenvalue weighted by atomic mass is 10.1. The number of hydrogen-bond donors (Lipinski definition) is 1. The van der Waals surface area contributed by atoms with Gasteiger partial charge in [-0.1, -0.05) is 30.3 Å². The normalized spacial score (nSPS) is 16.1. The lowest BCUT2D eigenvalue weighted by Crippen LogP contribution is -2.46. The Labute approximate surface area is 126 Å². The van der Waals surface area contributed by atoms with E-state index in [4.69, 9.17) is 5.73 Å². The third kappa shape index (κ3) is 3.60. The van der Waals surface area contributed by atoms with Gasteiger partial charge >= 0.3 is 0 Å². The Morgan fingerprint density at radius 3 is 2.24 bits per heavy atom. The minimum absolute atomic E-state index is 0.614. The molecular weight excluding hydrogens is 260 g/mol. The molecule has 0 atom stereocenters. The Morgan fingerprint density at radius 1 is 0.905 bits per heavy atom. The fraction of sp³-hybridized carbons (Fsp3) is 0.353. The fourth-order valence-electron chi connectivity index (χ4n) is 2.71. The molecule has 4 heteroatoms. The van der Waals surface area contributed by atoms with Crippen LogP contribution in [0.1, 0.15) is 11.1 Å². The summed E-state index contributed by atoms with van der Waals surface area (Å²) in [5.41, 5.74) is 8.19. The molecule has 0 radical (unpaired) electrons. The number of rotatable bonds is 4. The molecule has 2 heterocycles. The zero-order valence-electron chi connectivity index (χ0n) is 12.3. The molecule has 1 fully saturated rings. The summed E-state index contributed by atoms with van der Waals surface area (Å²) in [6.45, 7) is 5.87. The highest BCUT2D eigenvalue weighted by Gasteiger charge is 2.17. The van der Waals surface area contributed by atoms with Gasteiger partial charge in [-0.2, -0.15) is 0 Å². The molecule has 21 heavy (non-hydrogen) atoms. The highest BCUT2D eigenvalue weighted by atomic mass is 15.3. The summed E-state index contributed by atoms with van der Waals surface area (Å²) >= 11 is 0. The van der Waals surface area contributed by atoms with E-state index in [-0.39, 0.29) is 0 Å². The van der Waals surface area contributed by atoms with Gasteiger partial charge in [-0.15, -0.1) is 0 Å². The van der Waals surface area contributed by atoms with Gasteiger partial charge in [0.25, 0.3) is 0 Å². The molecule has 2 N–H and O–H groups in total. The van der Waals surface area contributed by atoms with Gasteiger partial charge in [0.05, 0.1) is 0 Å². The fourth-order valence-corrected chi connectivity index (χ4v) is 2.71. The van der Waals surface area contributed by atoms with E-state index in [0.717, 1.165) is 38.5 Å². The maximum Gasteiger partial charge on any atom is 0.128 e. The van der Waals surface area contributed by atoms with Crippen LogP contribution in [-0.2, 0) is 13.1 Å². The third-order valence-corrected chi connectivity index (χ3v) is 4.01. The minimum Gasteiger partial charge on any atom is -0.354 e. The molecular formula is C17H22N4. The van der Waals surface area contributed by atoms with Gasteiger partial charge in [0, 0.05) is 45.5 Å². The van der Waals surface area contributed by atoms with Crippen LogP contribution in [-0.4, -0.2) is 36.1 Å². The topological polar surface area (TPSA) is 45.4 Å². The van der Waals surface area contributed by atoms with Crippen LogP contribution in [0.5, 0.6) is 0 Å². The molecule has 0 bridgehead atoms. The smallest absolute Gasteiger partial charge is 0.128 e. The van der Waals surface area contributed by atoms with Crippen molar-refractivity contribution in [3.05, 3.63) is 59.8 Å². The first-order valence-corrected chi connectivity index (χ1v) is 7.51. The predicted molar refractivity (Wildman–Crippen MR) is 86.1 cm³/mol. The maximum absolute atomic E-state index is 5.63. The number of benzene rings is 1. The van der Waals surface area contributed by atoms with Crippen LogP contribution in [0.2, 0.25) is 0 Å². The summed E-state index contributed by atoms with van der Waals surface area (Å²) in [5.74, 6) is 1.09. The van der Waals surface area contributed by atoms with Crippen molar-refractivity contribution in [2.24, 2.45) is 5.73 Å². The number of anilines is 1. The largest absolute Gasteiger partial charge is 0.354 e. The van der Waals surface area contributed by atoms with Gasteiger partial charge in [0.2, 0.25) is 0 Å². The summed E-state index contributed by atoms with van der Waals surface area (Å²) in [6.07, 6.45) is 1.86. The van der Waals surface area contributed by atoms with E-state index >= 15 is 0 Å². The second-order valence-corrected chi connectivity index (χ2v) is 5.47. The Morgan fingerprint density at radius 2 is 1.62 bits per heavy atom. The first kappa shape index (κ1) is 14.0. The molecule has 1 aromatic carbocycles. The van der Waals surface area contributed by atoms with Crippen molar-refractivity contribution in [2.75, 3.05) is 31.1 Å². The SMILES string of the molecule is NCc1ccc(CN2CCN(c3ccccn3)CC2)cc1. The predicted octanol–water partition coefficient (Wildman–Crippen LogP) is 1.86. The quantitative estimate of drug-likeness (QED) is 0.930. The van der Waals surface area contributed by atoms with Crippen molar-refractivity contribution in [1.29, 1.82) is 0 Å². The van der Waals surface area contributed by atoms with Crippen molar-refractivity contribution >= 4 is 5.82 Å². The van der Waals surface area contributed by atoms with Crippen LogP contribution in [0.25, 0.3) is 0 Å². The number of nitrogens with zero attached hydrogens (tertiary/aromatic N) is 3. The van der Waals surface area contributed by atoms with Crippen molar-refractivity contribution in [3.63, 3.8) is 0 Å². The summed E-state index contributed by atoms with van der Waals surface area (Å²) in [6, 6.07) is 14.7. The molecule has 3 rings (SSSR count). The van der Waals surface area contributed by atoms with Gasteiger partial charge < -0.3 is 10.6 Å². The second kappa shape index (κ2) is 6.70. The molecule has 0 spiro atoms. The van der Waals surface area contributed by atoms with Crippen molar-refractivity contribution in [1.82, 2.24) is 9.88 Å². The summed E-state index contributed by atoms with van der Waals surface area (Å²) in [7, 11) is 0. The molecule has 1 saturated heterocycles. The Bertz CT molecular complexity index is 545. The standard InChI is InChI=1S/C17H22N4/c18-13-15-4-6-16(7-5-15)14-20-9-11-21(12-10-20)17-3-1-2-8-19-17/h1-8H,9-14,18H2. The average Bonchev–Trinajstić information content (AvgIpc) is 2.57. The highest BCUT2D eigenvalue weighted by molar-refractivity contribution is 5.38. The lowest BCUT2D eigenvalue weighted by Gasteiger charge is -2.35. The average molecular weight is 282 g/mol. The van der Waals surface area contributed by atoms with E-state index in [2.05, 4.69) is 45.1 Å². The van der Waals surface area contributed by atoms with Gasteiger partial charge in [0.1, 0.15) is 5.82 Å². The molecule has 0 saturated carbocycles. The van der Waals surface area contributed by atoms with E-state index in [1.54, 1.807) is 0 Å². The molecule has 1 aliphatic rings. The minimum atomic E-state index is 0.614. The second-order valence-electron chi connectivity index (χ2n) is 5.47. The number of hydrogen-bond acceptors (Lipinski definition) is 4. The third-order valence-electron chi connectivity index (χ3n) is 4.01. The van der Waals surface area contributed by atoms with E-state index in [9.17, 15) is 0 Å². The zero-order valence-corrected chi connectivity index (χ0v) is 12.3. The molecule has 0 aliphatic carbocycles. The first-order chi connectivity index (χ1) is 10.3. The van der Waals surface area contributed by atoms with E-state index in [1.165, 1.54) is 11.1 Å². The molecule has 2 aromatic rings. The molecule has 1 aliphatic heterocycles. The van der Waals surface area contributed by atoms with Crippen LogP contribution in [0.15, 0.2) is 48.7 Å². The van der Waals surface area contributed by atoms with Gasteiger partial charge in [-0.3, -0.25) is 4.90 Å². The van der Waals surface area contributed by atoms with Crippen molar-refractivity contribution < 1.29 is 0 Å². The number of aromatic nitrogens is 1. The number of nitrogens with two attached hydrogens (primary N) is 1. The van der Waals surface area contributed by atoms with Crippen LogP contribution < -0.4 is 10.6 Å². The van der Waals surface area contributed by atoms with Crippen LogP contribution in [0.4, 0.5) is 5.82 Å². The molecule has 4 nitrogen and oxygen atoms in total. The number of piperazine rings is 1. The highest BCUT2D eigenvalue weighted by Crippen LogP contribution is 2.14. The molecule has 0 amide bonds. The van der Waals surface area contributed by atoms with Crippen molar-refractivity contribution in [2.45, 2.75) is 13.1 Å². The monoisotopic (exact) mass is 282 g/mol. The Balaban J connectivity index is 1.53. The van der Waals surface area contributed by atoms with Crippen LogP contribution in [0.3, 0.4) is 0 Å². The summed E-state index contributed by atoms with van der Waals surface area (Å²) in [5, 5.41) is 0. The van der Waals surface area contributed by atoms with Gasteiger partial charge in [-0.25, -0.2) is 4.98 Å². The van der Waals surface area contributed by atoms with Gasteiger partial charge in [0.15, 0.2) is 0 Å². The van der Waals surface area contributed by atoms with Crippen molar-refractivity contribution in [3.8, 4) is 0 Å². The van der Waals surface area contributed by atoms with Crippen LogP contribution >= 0.6 is 0 Å². The Kier molecular flexibility index (Phi) is 4.48. The van der Waals surface area contributed by atoms with E-state index in [0.29, 0.717) is 6.54 Å². The molecule has 110 valence electrons. The first-order valence-electron chi connectivity index (χ1n) is 7.51. The summed E-state index contributed by atoms with van der Waals surface area (Å²) < 4.78 is 0. The Hall–Kier alpha value is -1.91. The van der Waals surface area contributed by atoms with E-state index in [1.807, 2.05) is 18.3 Å². The summed E-state index contributed by atoms with van der Waals surface area (Å²) in [4.78, 5) is 9.28. The maximum atomic E-state index is 5.63. The molecule has 0 unspecified atom stereocenters. The lowest BCUT2D eigenvalue weighted by molar-refractivity contribution is 0.249. The number of pyridine rings is 1. The zero-order chi connectivity index (χ0) is 14.5.